The first-order valence-electron chi connectivity index (χ1n) is 6.92. The van der Waals surface area contributed by atoms with E-state index in [1.165, 1.54) is 13.8 Å². The molecule has 0 aliphatic heterocycles. The minimum absolute atomic E-state index is 0.428. The first kappa shape index (κ1) is 20.1. The van der Waals surface area contributed by atoms with Crippen molar-refractivity contribution < 1.29 is 31.5 Å². The smallest absolute Gasteiger partial charge is 0.376 e. The molecule has 0 bridgehead atoms. The van der Waals surface area contributed by atoms with E-state index in [1.807, 2.05) is 13.8 Å². The summed E-state index contributed by atoms with van der Waals surface area (Å²) in [4.78, 5) is 10.9. The summed E-state index contributed by atoms with van der Waals surface area (Å²) in [5.41, 5.74) is 0. The van der Waals surface area contributed by atoms with Gasteiger partial charge in [0.05, 0.1) is 12.1 Å². The number of amides is 1. The maximum absolute atomic E-state index is 12.7. The molecule has 21 heavy (non-hydrogen) atoms. The van der Waals surface area contributed by atoms with E-state index in [0.29, 0.717) is 12.5 Å². The van der Waals surface area contributed by atoms with E-state index < -0.39 is 30.2 Å². The average molecular weight is 319 g/mol. The van der Waals surface area contributed by atoms with E-state index in [-0.39, 0.29) is 0 Å². The Morgan fingerprint density at radius 2 is 1.67 bits per heavy atom. The van der Waals surface area contributed by atoms with Gasteiger partial charge in [-0.2, -0.15) is 22.0 Å². The van der Waals surface area contributed by atoms with E-state index in [2.05, 4.69) is 0 Å². The molecule has 0 aromatic heterocycles. The molecule has 2 unspecified atom stereocenters. The van der Waals surface area contributed by atoms with E-state index >= 15 is 0 Å². The van der Waals surface area contributed by atoms with Crippen molar-refractivity contribution >= 4 is 5.91 Å². The molecule has 0 saturated heterocycles. The lowest BCUT2D eigenvalue weighted by atomic mass is 10.2. The van der Waals surface area contributed by atoms with Gasteiger partial charge in [-0.1, -0.05) is 13.8 Å². The van der Waals surface area contributed by atoms with E-state index in [9.17, 15) is 26.7 Å². The molecule has 1 N–H and O–H groups in total. The number of hydrogen-bond acceptors (Lipinski definition) is 2. The zero-order valence-corrected chi connectivity index (χ0v) is 12.6. The highest BCUT2D eigenvalue weighted by Crippen LogP contribution is 2.35. The lowest BCUT2D eigenvalue weighted by Gasteiger charge is -2.25. The maximum atomic E-state index is 12.7. The highest BCUT2D eigenvalue weighted by Gasteiger charge is 2.63. The Bertz CT molecular complexity index is 329. The van der Waals surface area contributed by atoms with Crippen molar-refractivity contribution in [1.82, 2.24) is 5.32 Å². The monoisotopic (exact) mass is 319 g/mol. The second-order valence-corrected chi connectivity index (χ2v) is 4.82. The van der Waals surface area contributed by atoms with Crippen LogP contribution in [0.15, 0.2) is 0 Å². The van der Waals surface area contributed by atoms with Crippen LogP contribution in [-0.4, -0.2) is 36.8 Å². The summed E-state index contributed by atoms with van der Waals surface area (Å²) in [6.07, 6.45) is -4.47. The van der Waals surface area contributed by atoms with Gasteiger partial charge in [0.2, 0.25) is 0 Å². The van der Waals surface area contributed by atoms with E-state index in [4.69, 9.17) is 4.74 Å². The number of ether oxygens (including phenoxy) is 1. The van der Waals surface area contributed by atoms with Gasteiger partial charge in [0, 0.05) is 6.61 Å². The molecule has 0 heterocycles. The third-order valence-corrected chi connectivity index (χ3v) is 3.00. The van der Waals surface area contributed by atoms with Gasteiger partial charge in [-0.3, -0.25) is 4.79 Å². The van der Waals surface area contributed by atoms with Crippen molar-refractivity contribution in [2.75, 3.05) is 6.61 Å². The van der Waals surface area contributed by atoms with Crippen LogP contribution in [-0.2, 0) is 9.53 Å². The zero-order chi connectivity index (χ0) is 16.8. The van der Waals surface area contributed by atoms with Gasteiger partial charge in [-0.15, -0.1) is 0 Å². The van der Waals surface area contributed by atoms with Gasteiger partial charge in [0.25, 0.3) is 0 Å². The predicted octanol–water partition coefficient (Wildman–Crippen LogP) is 3.53. The summed E-state index contributed by atoms with van der Waals surface area (Å²) >= 11 is 0. The first-order chi connectivity index (χ1) is 9.55. The van der Waals surface area contributed by atoms with E-state index in [1.54, 1.807) is 5.32 Å². The van der Waals surface area contributed by atoms with Crippen LogP contribution < -0.4 is 5.32 Å². The lowest BCUT2D eigenvalue weighted by Crippen LogP contribution is -2.54. The summed E-state index contributed by atoms with van der Waals surface area (Å²) in [7, 11) is 0. The summed E-state index contributed by atoms with van der Waals surface area (Å²) < 4.78 is 66.5. The van der Waals surface area contributed by atoms with Crippen molar-refractivity contribution in [3.63, 3.8) is 0 Å². The molecule has 1 aliphatic carbocycles. The topological polar surface area (TPSA) is 38.3 Å². The molecular weight excluding hydrogens is 297 g/mol. The molecule has 1 amide bonds. The molecule has 0 aromatic carbocycles. The quantitative estimate of drug-likeness (QED) is 0.761. The minimum atomic E-state index is -5.89. The van der Waals surface area contributed by atoms with Crippen molar-refractivity contribution in [1.29, 1.82) is 0 Å². The Kier molecular flexibility index (Phi) is 7.56. The van der Waals surface area contributed by atoms with E-state index in [0.717, 1.165) is 12.8 Å². The number of carbonyl (C=O) groups is 1. The van der Waals surface area contributed by atoms with Gasteiger partial charge in [-0.25, -0.2) is 0 Å². The molecule has 3 nitrogen and oxygen atoms in total. The fourth-order valence-electron chi connectivity index (χ4n) is 1.26. The Labute approximate surface area is 121 Å². The van der Waals surface area contributed by atoms with Crippen LogP contribution in [0.2, 0.25) is 0 Å². The molecule has 1 fully saturated rings. The fourth-order valence-corrected chi connectivity index (χ4v) is 1.26. The minimum Gasteiger partial charge on any atom is -0.376 e. The summed E-state index contributed by atoms with van der Waals surface area (Å²) in [5.74, 6) is -7.31. The molecule has 126 valence electrons. The molecule has 0 spiro atoms. The number of hydrogen-bond donors (Lipinski definition) is 1. The molecule has 2 atom stereocenters. The van der Waals surface area contributed by atoms with Gasteiger partial charge >= 0.3 is 18.0 Å². The highest BCUT2D eigenvalue weighted by molar-refractivity contribution is 5.84. The third-order valence-electron chi connectivity index (χ3n) is 3.00. The van der Waals surface area contributed by atoms with Crippen molar-refractivity contribution in [2.45, 2.75) is 64.8 Å². The number of nitrogens with one attached hydrogen (secondary N) is 1. The van der Waals surface area contributed by atoms with Crippen molar-refractivity contribution in [2.24, 2.45) is 5.92 Å². The number of alkyl halides is 5. The fraction of sp³-hybridized carbons (Fsp3) is 0.923. The molecular formula is C13H22F5NO2. The molecule has 0 radical (unpaired) electrons. The van der Waals surface area contributed by atoms with Gasteiger partial charge in [0.15, 0.2) is 0 Å². The summed E-state index contributed by atoms with van der Waals surface area (Å²) in [5, 5.41) is 1.64. The second kappa shape index (κ2) is 7.91. The van der Waals surface area contributed by atoms with Crippen LogP contribution in [0, 0.1) is 5.92 Å². The predicted molar refractivity (Wildman–Crippen MR) is 68.1 cm³/mol. The number of rotatable bonds is 6. The van der Waals surface area contributed by atoms with Crippen LogP contribution in [0.4, 0.5) is 22.0 Å². The third kappa shape index (κ3) is 6.15. The van der Waals surface area contributed by atoms with Gasteiger partial charge in [0.1, 0.15) is 0 Å². The highest BCUT2D eigenvalue weighted by atomic mass is 19.4. The molecule has 1 aliphatic rings. The van der Waals surface area contributed by atoms with Crippen LogP contribution in [0.1, 0.15) is 40.5 Å². The Morgan fingerprint density at radius 3 is 2.05 bits per heavy atom. The van der Waals surface area contributed by atoms with Crippen LogP contribution in [0.25, 0.3) is 0 Å². The second-order valence-electron chi connectivity index (χ2n) is 4.82. The lowest BCUT2D eigenvalue weighted by molar-refractivity contribution is -0.270. The molecule has 8 heteroatoms. The molecule has 1 rings (SSSR count). The largest absolute Gasteiger partial charge is 0.463 e. The molecule has 1 saturated carbocycles. The normalized spacial score (nSPS) is 18.3. The van der Waals surface area contributed by atoms with Gasteiger partial charge < -0.3 is 10.1 Å². The maximum Gasteiger partial charge on any atom is 0.463 e. The first-order valence-corrected chi connectivity index (χ1v) is 6.92. The van der Waals surface area contributed by atoms with Crippen LogP contribution >= 0.6 is 0 Å². The Morgan fingerprint density at radius 1 is 1.19 bits per heavy atom. The Hall–Kier alpha value is -0.920. The number of carbonyl (C=O) groups excluding carboxylic acids is 1. The standard InChI is InChI=1S/C11H16F5NO2.C2H6/c1-6(7(2)19-5-8-3-4-8)17-9(18)10(12,13)11(14,15)16;1-2/h6-8H,3-5H2,1-2H3,(H,17,18);1-2H3. The summed E-state index contributed by atoms with van der Waals surface area (Å²) in [6, 6.07) is -0.931. The average Bonchev–Trinajstić information content (AvgIpc) is 3.20. The number of halogens is 5. The van der Waals surface area contributed by atoms with Crippen molar-refractivity contribution in [3.8, 4) is 0 Å². The van der Waals surface area contributed by atoms with Crippen LogP contribution in [0.5, 0.6) is 0 Å². The summed E-state index contributed by atoms with van der Waals surface area (Å²) in [6.45, 7) is 7.26. The van der Waals surface area contributed by atoms with Gasteiger partial charge in [-0.05, 0) is 32.6 Å². The van der Waals surface area contributed by atoms with Crippen LogP contribution in [0.3, 0.4) is 0 Å². The SMILES string of the molecule is CC.CC(NC(=O)C(F)(F)C(F)(F)F)C(C)OCC1CC1. The molecule has 0 aromatic rings. The Balaban J connectivity index is 0.00000191. The zero-order valence-electron chi connectivity index (χ0n) is 12.6. The van der Waals surface area contributed by atoms with Crippen molar-refractivity contribution in [3.05, 3.63) is 0 Å².